The lowest BCUT2D eigenvalue weighted by Gasteiger charge is -2.05. The Kier molecular flexibility index (Phi) is 2.65. The van der Waals surface area contributed by atoms with Crippen molar-refractivity contribution in [2.45, 2.75) is 6.92 Å². The fourth-order valence-electron chi connectivity index (χ4n) is 2.50. The maximum atomic E-state index is 12.5. The Hall–Kier alpha value is -3.22. The first-order valence-corrected chi connectivity index (χ1v) is 6.69. The summed E-state index contributed by atoms with van der Waals surface area (Å²) in [6, 6.07) is 9.03. The maximum absolute atomic E-state index is 12.5. The number of carbonyl (C=O) groups excluding carboxylic acids is 1. The molecule has 0 bridgehead atoms. The highest BCUT2D eigenvalue weighted by Crippen LogP contribution is 2.25. The quantitative estimate of drug-likeness (QED) is 0.566. The van der Waals surface area contributed by atoms with Crippen molar-refractivity contribution in [1.82, 2.24) is 24.3 Å². The molecule has 4 rings (SSSR count). The van der Waals surface area contributed by atoms with E-state index in [0.29, 0.717) is 5.69 Å². The van der Waals surface area contributed by atoms with Gasteiger partial charge in [0.2, 0.25) is 5.76 Å². The monoisotopic (exact) mass is 293 g/mol. The topological polar surface area (TPSA) is 78.2 Å². The molecule has 0 saturated heterocycles. The Morgan fingerprint density at radius 3 is 2.91 bits per heavy atom. The van der Waals surface area contributed by atoms with E-state index in [2.05, 4.69) is 15.2 Å². The van der Waals surface area contributed by atoms with E-state index in [-0.39, 0.29) is 11.7 Å². The van der Waals surface area contributed by atoms with E-state index in [9.17, 15) is 4.79 Å². The van der Waals surface area contributed by atoms with E-state index < -0.39 is 0 Å². The number of imidazole rings is 1. The summed E-state index contributed by atoms with van der Waals surface area (Å²) in [4.78, 5) is 17.0. The van der Waals surface area contributed by atoms with Gasteiger partial charge in [0.15, 0.2) is 0 Å². The second-order valence-electron chi connectivity index (χ2n) is 4.78. The summed E-state index contributed by atoms with van der Waals surface area (Å²) in [5, 5.41) is 7.67. The van der Waals surface area contributed by atoms with Crippen LogP contribution in [0.5, 0.6) is 0 Å². The Morgan fingerprint density at radius 2 is 2.09 bits per heavy atom. The summed E-state index contributed by atoms with van der Waals surface area (Å²) in [6.07, 6.45) is 4.90. The van der Waals surface area contributed by atoms with Crippen LogP contribution in [0, 0.1) is 6.92 Å². The number of aromatic nitrogens is 5. The van der Waals surface area contributed by atoms with Gasteiger partial charge in [-0.1, -0.05) is 11.2 Å². The molecule has 0 fully saturated rings. The van der Waals surface area contributed by atoms with Gasteiger partial charge >= 0.3 is 5.91 Å². The summed E-state index contributed by atoms with van der Waals surface area (Å²) in [5.41, 5.74) is 3.10. The van der Waals surface area contributed by atoms with E-state index in [4.69, 9.17) is 4.52 Å². The van der Waals surface area contributed by atoms with Crippen molar-refractivity contribution < 1.29 is 9.32 Å². The molecule has 4 aromatic heterocycles. The lowest BCUT2D eigenvalue weighted by atomic mass is 10.2. The number of aryl methyl sites for hydroxylation is 1. The molecule has 0 aliphatic carbocycles. The minimum Gasteiger partial charge on any atom is -0.351 e. The lowest BCUT2D eigenvalue weighted by Crippen LogP contribution is -2.14. The zero-order valence-corrected chi connectivity index (χ0v) is 11.7. The third kappa shape index (κ3) is 1.76. The van der Waals surface area contributed by atoms with Crippen molar-refractivity contribution in [1.29, 1.82) is 0 Å². The first kappa shape index (κ1) is 12.5. The standard InChI is InChI=1S/C15H11N5O2/c1-10-14(19-9-3-2-4-13(19)18-10)11-5-7-16-20(11)15(21)12-6-8-17-22-12/h2-9H,1H3. The Balaban J connectivity index is 1.92. The van der Waals surface area contributed by atoms with Crippen LogP contribution in [0.15, 0.2) is 53.4 Å². The second kappa shape index (κ2) is 4.66. The van der Waals surface area contributed by atoms with Gasteiger partial charge in [0.05, 0.1) is 29.5 Å². The molecule has 4 heterocycles. The molecule has 0 unspecified atom stereocenters. The van der Waals surface area contributed by atoms with Crippen molar-refractivity contribution >= 4 is 11.6 Å². The second-order valence-corrected chi connectivity index (χ2v) is 4.78. The van der Waals surface area contributed by atoms with Crippen LogP contribution in [0.1, 0.15) is 16.2 Å². The van der Waals surface area contributed by atoms with Crippen LogP contribution in [0.4, 0.5) is 0 Å². The third-order valence-electron chi connectivity index (χ3n) is 3.43. The van der Waals surface area contributed by atoms with E-state index in [1.807, 2.05) is 35.7 Å². The summed E-state index contributed by atoms with van der Waals surface area (Å²) >= 11 is 0. The average molecular weight is 293 g/mol. The number of fused-ring (bicyclic) bond motifs is 1. The maximum Gasteiger partial charge on any atom is 0.317 e. The lowest BCUT2D eigenvalue weighted by molar-refractivity contribution is 0.0910. The van der Waals surface area contributed by atoms with Crippen LogP contribution in [0.2, 0.25) is 0 Å². The van der Waals surface area contributed by atoms with Crippen LogP contribution in [-0.4, -0.2) is 30.2 Å². The molecule has 0 N–H and O–H groups in total. The average Bonchev–Trinajstić information content (AvgIpc) is 3.25. The number of nitrogens with zero attached hydrogens (tertiary/aromatic N) is 5. The molecule has 108 valence electrons. The Bertz CT molecular complexity index is 965. The molecule has 0 aliphatic rings. The van der Waals surface area contributed by atoms with Crippen LogP contribution < -0.4 is 0 Å². The molecule has 0 aromatic carbocycles. The van der Waals surface area contributed by atoms with Crippen molar-refractivity contribution in [3.63, 3.8) is 0 Å². The molecule has 7 nitrogen and oxygen atoms in total. The SMILES string of the molecule is Cc1nc2ccccn2c1-c1ccnn1C(=O)c1ccno1. The summed E-state index contributed by atoms with van der Waals surface area (Å²) in [6.45, 7) is 1.90. The minimum absolute atomic E-state index is 0.136. The van der Waals surface area contributed by atoms with Crippen LogP contribution >= 0.6 is 0 Å². The van der Waals surface area contributed by atoms with Crippen molar-refractivity contribution in [2.24, 2.45) is 0 Å². The van der Waals surface area contributed by atoms with Crippen LogP contribution in [0.3, 0.4) is 0 Å². The van der Waals surface area contributed by atoms with E-state index in [0.717, 1.165) is 17.0 Å². The normalized spacial score (nSPS) is 11.1. The molecule has 0 saturated carbocycles. The third-order valence-corrected chi connectivity index (χ3v) is 3.43. The van der Waals surface area contributed by atoms with Crippen molar-refractivity contribution in [3.8, 4) is 11.4 Å². The summed E-state index contributed by atoms with van der Waals surface area (Å²) in [5.74, 6) is -0.237. The van der Waals surface area contributed by atoms with Crippen molar-refractivity contribution in [3.05, 3.63) is 60.4 Å². The van der Waals surface area contributed by atoms with Gasteiger partial charge in [0.1, 0.15) is 5.65 Å². The number of pyridine rings is 1. The first-order chi connectivity index (χ1) is 10.8. The molecule has 0 atom stereocenters. The molecular weight excluding hydrogens is 282 g/mol. The number of rotatable bonds is 2. The zero-order chi connectivity index (χ0) is 15.1. The summed E-state index contributed by atoms with van der Waals surface area (Å²) < 4.78 is 8.15. The number of carbonyl (C=O) groups is 1. The van der Waals surface area contributed by atoms with E-state index in [1.165, 1.54) is 16.9 Å². The van der Waals surface area contributed by atoms with Gasteiger partial charge in [-0.2, -0.15) is 9.78 Å². The van der Waals surface area contributed by atoms with Crippen molar-refractivity contribution in [2.75, 3.05) is 0 Å². The van der Waals surface area contributed by atoms with Gasteiger partial charge in [-0.05, 0) is 25.1 Å². The molecule has 0 amide bonds. The molecule has 22 heavy (non-hydrogen) atoms. The molecule has 4 aromatic rings. The van der Waals surface area contributed by atoms with Gasteiger partial charge < -0.3 is 4.52 Å². The molecule has 0 aliphatic heterocycles. The largest absolute Gasteiger partial charge is 0.351 e. The zero-order valence-electron chi connectivity index (χ0n) is 11.7. The predicted octanol–water partition coefficient (Wildman–Crippen LogP) is 2.18. The molecule has 0 radical (unpaired) electrons. The molecule has 0 spiro atoms. The highest BCUT2D eigenvalue weighted by atomic mass is 16.5. The summed E-state index contributed by atoms with van der Waals surface area (Å²) in [7, 11) is 0. The van der Waals surface area contributed by atoms with Gasteiger partial charge in [-0.15, -0.1) is 0 Å². The number of hydrogen-bond donors (Lipinski definition) is 0. The molecule has 7 heteroatoms. The minimum atomic E-state index is -0.372. The van der Waals surface area contributed by atoms with Crippen LogP contribution in [-0.2, 0) is 0 Å². The first-order valence-electron chi connectivity index (χ1n) is 6.69. The van der Waals surface area contributed by atoms with Gasteiger partial charge in [0.25, 0.3) is 0 Å². The van der Waals surface area contributed by atoms with E-state index in [1.54, 1.807) is 12.3 Å². The highest BCUT2D eigenvalue weighted by Gasteiger charge is 2.21. The van der Waals surface area contributed by atoms with Gasteiger partial charge in [0, 0.05) is 12.3 Å². The van der Waals surface area contributed by atoms with Gasteiger partial charge in [-0.25, -0.2) is 4.98 Å². The highest BCUT2D eigenvalue weighted by molar-refractivity contribution is 5.95. The van der Waals surface area contributed by atoms with Crippen LogP contribution in [0.25, 0.3) is 17.0 Å². The number of hydrogen-bond acceptors (Lipinski definition) is 5. The fourth-order valence-corrected chi connectivity index (χ4v) is 2.50. The Morgan fingerprint density at radius 1 is 1.18 bits per heavy atom. The van der Waals surface area contributed by atoms with E-state index >= 15 is 0 Å². The molecular formula is C15H11N5O2. The smallest absolute Gasteiger partial charge is 0.317 e. The predicted molar refractivity (Wildman–Crippen MR) is 77.4 cm³/mol. The van der Waals surface area contributed by atoms with Gasteiger partial charge in [-0.3, -0.25) is 9.20 Å². The Labute approximate surface area is 124 Å². The fraction of sp³-hybridized carbons (Fsp3) is 0.0667.